The number of likely N-dealkylation sites (tertiary alicyclic amines) is 1. The summed E-state index contributed by atoms with van der Waals surface area (Å²) in [6, 6.07) is 21.2. The normalized spacial score (nSPS) is 15.6. The first kappa shape index (κ1) is 23.7. The number of carbonyl (C=O) groups excluding carboxylic acids is 1. The number of ether oxygens (including phenoxy) is 1. The van der Waals surface area contributed by atoms with E-state index in [1.165, 1.54) is 5.56 Å². The number of hydrogen-bond donors (Lipinski definition) is 1. The van der Waals surface area contributed by atoms with Crippen LogP contribution in [0.4, 0.5) is 5.82 Å². The Morgan fingerprint density at radius 3 is 2.69 bits per heavy atom. The Balaban J connectivity index is 1.18. The van der Waals surface area contributed by atoms with E-state index < -0.39 is 0 Å². The van der Waals surface area contributed by atoms with Gasteiger partial charge >= 0.3 is 0 Å². The van der Waals surface area contributed by atoms with Crippen LogP contribution in [-0.2, 0) is 6.42 Å². The van der Waals surface area contributed by atoms with Crippen molar-refractivity contribution in [1.82, 2.24) is 20.0 Å². The van der Waals surface area contributed by atoms with Crippen LogP contribution in [0.15, 0.2) is 77.4 Å². The Kier molecular flexibility index (Phi) is 7.33. The van der Waals surface area contributed by atoms with Crippen molar-refractivity contribution in [3.05, 3.63) is 89.9 Å². The number of methoxy groups -OCH3 is 1. The average molecular weight is 484 g/mol. The molecule has 1 aliphatic rings. The first-order chi connectivity index (χ1) is 17.7. The zero-order chi connectivity index (χ0) is 24.7. The predicted octanol–water partition coefficient (Wildman–Crippen LogP) is 5.16. The molecule has 8 nitrogen and oxygen atoms in total. The lowest BCUT2D eigenvalue weighted by Gasteiger charge is -2.21. The van der Waals surface area contributed by atoms with Crippen molar-refractivity contribution in [2.45, 2.75) is 31.7 Å². The second-order valence-corrected chi connectivity index (χ2v) is 8.85. The molecule has 1 saturated heterocycles. The van der Waals surface area contributed by atoms with Crippen LogP contribution < -0.4 is 10.1 Å². The van der Waals surface area contributed by atoms with E-state index >= 15 is 0 Å². The van der Waals surface area contributed by atoms with Gasteiger partial charge in [0, 0.05) is 17.3 Å². The number of nitrogens with one attached hydrogen (secondary N) is 1. The maximum absolute atomic E-state index is 12.5. The summed E-state index contributed by atoms with van der Waals surface area (Å²) < 4.78 is 10.8. The number of nitrogens with zero attached hydrogens (tertiary/aromatic N) is 4. The van der Waals surface area contributed by atoms with Gasteiger partial charge in [0.15, 0.2) is 0 Å². The first-order valence-electron chi connectivity index (χ1n) is 12.2. The van der Waals surface area contributed by atoms with E-state index in [-0.39, 0.29) is 11.9 Å². The van der Waals surface area contributed by atoms with Crippen molar-refractivity contribution in [3.63, 3.8) is 0 Å². The molecule has 1 amide bonds. The van der Waals surface area contributed by atoms with Crippen molar-refractivity contribution < 1.29 is 14.1 Å². The van der Waals surface area contributed by atoms with Crippen molar-refractivity contribution >= 4 is 11.7 Å². The summed E-state index contributed by atoms with van der Waals surface area (Å²) in [4.78, 5) is 23.9. The van der Waals surface area contributed by atoms with Crippen LogP contribution in [0.25, 0.3) is 11.4 Å². The largest absolute Gasteiger partial charge is 0.497 e. The zero-order valence-electron chi connectivity index (χ0n) is 20.3. The zero-order valence-corrected chi connectivity index (χ0v) is 20.3. The molecule has 4 aromatic rings. The third kappa shape index (κ3) is 5.60. The van der Waals surface area contributed by atoms with Crippen LogP contribution >= 0.6 is 0 Å². The number of carbonyl (C=O) groups is 1. The van der Waals surface area contributed by atoms with Gasteiger partial charge in [-0.1, -0.05) is 35.5 Å². The van der Waals surface area contributed by atoms with Crippen molar-refractivity contribution in [1.29, 1.82) is 0 Å². The molecule has 1 atom stereocenters. The highest BCUT2D eigenvalue weighted by atomic mass is 16.5. The fourth-order valence-corrected chi connectivity index (χ4v) is 4.52. The number of rotatable bonds is 9. The van der Waals surface area contributed by atoms with Gasteiger partial charge < -0.3 is 14.6 Å². The molecule has 1 N–H and O–H groups in total. The smallest absolute Gasteiger partial charge is 0.256 e. The van der Waals surface area contributed by atoms with E-state index in [1.807, 2.05) is 6.07 Å². The quantitative estimate of drug-likeness (QED) is 0.351. The Morgan fingerprint density at radius 2 is 1.94 bits per heavy atom. The molecule has 0 bridgehead atoms. The lowest BCUT2D eigenvalue weighted by atomic mass is 10.1. The standard InChI is InChI=1S/C28H29N5O3/c1-35-23-14-11-21(12-15-23)27(34)30-25-16-13-22(19-29-25)26-31-28(36-32-26)24-10-6-18-33(24)17-5-9-20-7-3-2-4-8-20/h2-4,7-8,11-16,19,24H,5-6,9-10,17-18H2,1H3,(H,29,30,34)/t24-/m0/s1. The molecule has 0 saturated carbocycles. The molecule has 0 radical (unpaired) electrons. The third-order valence-corrected chi connectivity index (χ3v) is 6.46. The molecule has 36 heavy (non-hydrogen) atoms. The summed E-state index contributed by atoms with van der Waals surface area (Å²) in [5, 5.41) is 7.00. The minimum atomic E-state index is -0.242. The molecule has 3 heterocycles. The number of anilines is 1. The molecule has 1 aliphatic heterocycles. The Hall–Kier alpha value is -4.04. The van der Waals surface area contributed by atoms with Crippen LogP contribution in [0, 0.1) is 0 Å². The molecule has 2 aromatic heterocycles. The lowest BCUT2D eigenvalue weighted by Crippen LogP contribution is -2.25. The van der Waals surface area contributed by atoms with E-state index in [4.69, 9.17) is 9.26 Å². The number of benzene rings is 2. The first-order valence-corrected chi connectivity index (χ1v) is 12.2. The van der Waals surface area contributed by atoms with Gasteiger partial charge in [-0.05, 0) is 80.7 Å². The fraction of sp³-hybridized carbons (Fsp3) is 0.286. The summed E-state index contributed by atoms with van der Waals surface area (Å²) in [7, 11) is 1.59. The van der Waals surface area contributed by atoms with Gasteiger partial charge in [-0.15, -0.1) is 0 Å². The summed E-state index contributed by atoms with van der Waals surface area (Å²) in [5.41, 5.74) is 2.62. The summed E-state index contributed by atoms with van der Waals surface area (Å²) >= 11 is 0. The Morgan fingerprint density at radius 1 is 1.11 bits per heavy atom. The number of pyridine rings is 1. The van der Waals surface area contributed by atoms with Crippen LogP contribution in [0.5, 0.6) is 5.75 Å². The number of aromatic nitrogens is 3. The maximum atomic E-state index is 12.5. The van der Waals surface area contributed by atoms with Gasteiger partial charge in [0.1, 0.15) is 11.6 Å². The van der Waals surface area contributed by atoms with Gasteiger partial charge in [-0.25, -0.2) is 4.98 Å². The van der Waals surface area contributed by atoms with Crippen molar-refractivity contribution in [2.24, 2.45) is 0 Å². The molecule has 0 aliphatic carbocycles. The van der Waals surface area contributed by atoms with Crippen molar-refractivity contribution in [2.75, 3.05) is 25.5 Å². The minimum Gasteiger partial charge on any atom is -0.497 e. The van der Waals surface area contributed by atoms with Crippen LogP contribution in [0.1, 0.15) is 47.1 Å². The second-order valence-electron chi connectivity index (χ2n) is 8.85. The minimum absolute atomic E-state index is 0.151. The second kappa shape index (κ2) is 11.1. The van der Waals surface area contributed by atoms with Crippen LogP contribution in [0.2, 0.25) is 0 Å². The predicted molar refractivity (Wildman–Crippen MR) is 137 cm³/mol. The SMILES string of the molecule is COc1ccc(C(=O)Nc2ccc(-c3noc([C@@H]4CCCN4CCCc4ccccc4)n3)cn2)cc1. The van der Waals surface area contributed by atoms with E-state index in [1.54, 1.807) is 43.6 Å². The highest BCUT2D eigenvalue weighted by Crippen LogP contribution is 2.32. The maximum Gasteiger partial charge on any atom is 0.256 e. The Labute approximate surface area is 210 Å². The fourth-order valence-electron chi connectivity index (χ4n) is 4.52. The topological polar surface area (TPSA) is 93.4 Å². The van der Waals surface area contributed by atoms with Gasteiger partial charge in [0.05, 0.1) is 13.2 Å². The van der Waals surface area contributed by atoms with Gasteiger partial charge in [0.2, 0.25) is 11.7 Å². The molecular formula is C28H29N5O3. The summed E-state index contributed by atoms with van der Waals surface area (Å²) in [6.07, 6.45) is 5.94. The number of amides is 1. The summed E-state index contributed by atoms with van der Waals surface area (Å²) in [6.45, 7) is 2.04. The summed E-state index contributed by atoms with van der Waals surface area (Å²) in [5.74, 6) is 2.05. The molecule has 5 rings (SSSR count). The monoisotopic (exact) mass is 483 g/mol. The highest BCUT2D eigenvalue weighted by Gasteiger charge is 2.30. The number of hydrogen-bond acceptors (Lipinski definition) is 7. The van der Waals surface area contributed by atoms with Crippen LogP contribution in [-0.4, -0.2) is 46.1 Å². The average Bonchev–Trinajstić information content (AvgIpc) is 3.60. The molecule has 0 spiro atoms. The highest BCUT2D eigenvalue weighted by molar-refractivity contribution is 6.03. The van der Waals surface area contributed by atoms with Crippen molar-refractivity contribution in [3.8, 4) is 17.1 Å². The van der Waals surface area contributed by atoms with E-state index in [2.05, 4.69) is 55.7 Å². The Bertz CT molecular complexity index is 1270. The van der Waals surface area contributed by atoms with E-state index in [0.717, 1.165) is 44.3 Å². The molecule has 2 aromatic carbocycles. The third-order valence-electron chi connectivity index (χ3n) is 6.46. The molecule has 1 fully saturated rings. The lowest BCUT2D eigenvalue weighted by molar-refractivity contribution is 0.102. The van der Waals surface area contributed by atoms with Gasteiger partial charge in [-0.2, -0.15) is 4.98 Å². The number of aryl methyl sites for hydroxylation is 1. The van der Waals surface area contributed by atoms with Crippen LogP contribution in [0.3, 0.4) is 0 Å². The van der Waals surface area contributed by atoms with E-state index in [0.29, 0.717) is 28.8 Å². The van der Waals surface area contributed by atoms with Gasteiger partial charge in [-0.3, -0.25) is 9.69 Å². The van der Waals surface area contributed by atoms with Gasteiger partial charge in [0.25, 0.3) is 5.91 Å². The molecular weight excluding hydrogens is 454 g/mol. The molecule has 184 valence electrons. The molecule has 0 unspecified atom stereocenters. The molecule has 8 heteroatoms. The van der Waals surface area contributed by atoms with E-state index in [9.17, 15) is 4.79 Å².